The van der Waals surface area contributed by atoms with Crippen molar-refractivity contribution in [3.8, 4) is 5.82 Å². The number of hydrogen-bond acceptors (Lipinski definition) is 7. The van der Waals surface area contributed by atoms with E-state index in [4.69, 9.17) is 0 Å². The quantitative estimate of drug-likeness (QED) is 0.479. The van der Waals surface area contributed by atoms with Gasteiger partial charge in [-0.2, -0.15) is 13.5 Å². The molecule has 0 amide bonds. The van der Waals surface area contributed by atoms with Crippen molar-refractivity contribution < 1.29 is 20.7 Å². The summed E-state index contributed by atoms with van der Waals surface area (Å²) in [6.07, 6.45) is 4.12. The summed E-state index contributed by atoms with van der Waals surface area (Å²) in [5.41, 5.74) is 1.45. The standard InChI is InChI=1S/C17H12FN5O4S2/c18-28(24,25)13-4-3-5-14(8-13)29(26,27)22-12-9-20-23(11-12)17-10-19-15-6-1-2-7-16(15)21-17/h1-11,22H. The van der Waals surface area contributed by atoms with Crippen LogP contribution in [0.15, 0.2) is 76.9 Å². The molecule has 2 aromatic carbocycles. The summed E-state index contributed by atoms with van der Waals surface area (Å²) in [7, 11) is -9.20. The number of sulfonamides is 1. The van der Waals surface area contributed by atoms with Crippen LogP contribution in [0.5, 0.6) is 0 Å². The zero-order valence-electron chi connectivity index (χ0n) is 14.5. The van der Waals surface area contributed by atoms with Crippen molar-refractivity contribution in [1.82, 2.24) is 19.7 Å². The third-order valence-corrected chi connectivity index (χ3v) is 6.10. The zero-order chi connectivity index (χ0) is 20.6. The summed E-state index contributed by atoms with van der Waals surface area (Å²) < 4.78 is 63.8. The minimum Gasteiger partial charge on any atom is -0.276 e. The fourth-order valence-electron chi connectivity index (χ4n) is 2.57. The van der Waals surface area contributed by atoms with Gasteiger partial charge in [0.25, 0.3) is 10.0 Å². The van der Waals surface area contributed by atoms with E-state index in [1.54, 1.807) is 12.1 Å². The van der Waals surface area contributed by atoms with Crippen LogP contribution in [0.4, 0.5) is 9.57 Å². The fourth-order valence-corrected chi connectivity index (χ4v) is 4.22. The van der Waals surface area contributed by atoms with E-state index < -0.39 is 30.0 Å². The second kappa shape index (κ2) is 6.90. The summed E-state index contributed by atoms with van der Waals surface area (Å²) >= 11 is 0. The third kappa shape index (κ3) is 3.93. The molecule has 4 aromatic rings. The normalized spacial score (nSPS) is 12.2. The second-order valence-corrected chi connectivity index (χ2v) is 8.94. The maximum absolute atomic E-state index is 13.1. The Labute approximate surface area is 165 Å². The molecule has 0 spiro atoms. The maximum atomic E-state index is 13.1. The van der Waals surface area contributed by atoms with E-state index in [9.17, 15) is 20.7 Å². The number of hydrogen-bond donors (Lipinski definition) is 1. The number of benzene rings is 2. The van der Waals surface area contributed by atoms with Crippen LogP contribution in [0.3, 0.4) is 0 Å². The van der Waals surface area contributed by atoms with Gasteiger partial charge >= 0.3 is 10.2 Å². The first-order chi connectivity index (χ1) is 13.7. The highest BCUT2D eigenvalue weighted by molar-refractivity contribution is 7.92. The van der Waals surface area contributed by atoms with Crippen LogP contribution in [0.1, 0.15) is 0 Å². The summed E-state index contributed by atoms with van der Waals surface area (Å²) in [5, 5.41) is 4.06. The third-order valence-electron chi connectivity index (χ3n) is 3.90. The smallest absolute Gasteiger partial charge is 0.276 e. The maximum Gasteiger partial charge on any atom is 0.332 e. The molecular formula is C17H12FN5O4S2. The van der Waals surface area contributed by atoms with Crippen molar-refractivity contribution in [2.24, 2.45) is 0 Å². The summed E-state index contributed by atoms with van der Waals surface area (Å²) in [5.74, 6) is 0.375. The lowest BCUT2D eigenvalue weighted by Gasteiger charge is -2.06. The Kier molecular flexibility index (Phi) is 4.51. The van der Waals surface area contributed by atoms with Gasteiger partial charge in [0.05, 0.1) is 45.1 Å². The molecule has 148 valence electrons. The Bertz CT molecular complexity index is 1440. The van der Waals surface area contributed by atoms with Gasteiger partial charge in [-0.1, -0.05) is 18.2 Å². The Morgan fingerprint density at radius 1 is 0.897 bits per heavy atom. The van der Waals surface area contributed by atoms with Gasteiger partial charge in [0.2, 0.25) is 0 Å². The lowest BCUT2D eigenvalue weighted by molar-refractivity contribution is 0.552. The molecule has 0 aliphatic heterocycles. The first kappa shape index (κ1) is 19.0. The largest absolute Gasteiger partial charge is 0.332 e. The highest BCUT2D eigenvalue weighted by Crippen LogP contribution is 2.21. The van der Waals surface area contributed by atoms with Gasteiger partial charge in [0.1, 0.15) is 0 Å². The van der Waals surface area contributed by atoms with E-state index >= 15 is 0 Å². The molecule has 0 saturated carbocycles. The van der Waals surface area contributed by atoms with Gasteiger partial charge in [-0.05, 0) is 30.3 Å². The number of rotatable bonds is 5. The second-order valence-electron chi connectivity index (χ2n) is 5.91. The summed E-state index contributed by atoms with van der Waals surface area (Å²) in [6, 6.07) is 11.2. The van der Waals surface area contributed by atoms with E-state index in [1.807, 2.05) is 12.1 Å². The Hall–Kier alpha value is -3.38. The number of nitrogens with zero attached hydrogens (tertiary/aromatic N) is 4. The van der Waals surface area contributed by atoms with E-state index in [0.29, 0.717) is 16.9 Å². The molecule has 0 fully saturated rings. The summed E-state index contributed by atoms with van der Waals surface area (Å²) in [4.78, 5) is 7.52. The van der Waals surface area contributed by atoms with Crippen molar-refractivity contribution in [1.29, 1.82) is 0 Å². The summed E-state index contributed by atoms with van der Waals surface area (Å²) in [6.45, 7) is 0. The first-order valence-corrected chi connectivity index (χ1v) is 10.9. The van der Waals surface area contributed by atoms with Crippen molar-refractivity contribution >= 4 is 37.0 Å². The SMILES string of the molecule is O=S(=O)(F)c1cccc(S(=O)(=O)Nc2cnn(-c3cnc4ccccc4n3)c2)c1. The topological polar surface area (TPSA) is 124 Å². The number of para-hydroxylation sites is 2. The zero-order valence-corrected chi connectivity index (χ0v) is 16.1. The number of nitrogens with one attached hydrogen (secondary N) is 1. The van der Waals surface area contributed by atoms with E-state index in [1.165, 1.54) is 23.3 Å². The number of aromatic nitrogens is 4. The monoisotopic (exact) mass is 433 g/mol. The molecule has 2 heterocycles. The van der Waals surface area contributed by atoms with Crippen LogP contribution in [-0.4, -0.2) is 36.6 Å². The predicted octanol–water partition coefficient (Wildman–Crippen LogP) is 2.27. The van der Waals surface area contributed by atoms with Crippen molar-refractivity contribution in [2.45, 2.75) is 9.79 Å². The molecule has 12 heteroatoms. The molecule has 0 unspecified atom stereocenters. The molecule has 1 N–H and O–H groups in total. The highest BCUT2D eigenvalue weighted by atomic mass is 32.3. The molecule has 0 bridgehead atoms. The highest BCUT2D eigenvalue weighted by Gasteiger charge is 2.20. The van der Waals surface area contributed by atoms with Gasteiger partial charge in [0, 0.05) is 0 Å². The van der Waals surface area contributed by atoms with Crippen LogP contribution in [0, 0.1) is 0 Å². The van der Waals surface area contributed by atoms with Crippen LogP contribution in [0.25, 0.3) is 16.9 Å². The van der Waals surface area contributed by atoms with Gasteiger partial charge in [-0.3, -0.25) is 9.71 Å². The number of fused-ring (bicyclic) bond motifs is 1. The van der Waals surface area contributed by atoms with Crippen LogP contribution < -0.4 is 4.72 Å². The van der Waals surface area contributed by atoms with Gasteiger partial charge in [-0.15, -0.1) is 3.89 Å². The van der Waals surface area contributed by atoms with Crippen LogP contribution in [-0.2, 0) is 20.2 Å². The fraction of sp³-hybridized carbons (Fsp3) is 0. The van der Waals surface area contributed by atoms with Gasteiger partial charge in [0.15, 0.2) is 5.82 Å². The molecule has 0 atom stereocenters. The van der Waals surface area contributed by atoms with Crippen molar-refractivity contribution in [3.05, 3.63) is 67.1 Å². The van der Waals surface area contributed by atoms with Crippen LogP contribution in [0.2, 0.25) is 0 Å². The molecule has 0 saturated heterocycles. The number of halogens is 1. The predicted molar refractivity (Wildman–Crippen MR) is 102 cm³/mol. The molecule has 29 heavy (non-hydrogen) atoms. The van der Waals surface area contributed by atoms with Crippen LogP contribution >= 0.6 is 0 Å². The Balaban J connectivity index is 1.63. The molecule has 0 aliphatic rings. The van der Waals surface area contributed by atoms with E-state index in [-0.39, 0.29) is 5.69 Å². The average molecular weight is 433 g/mol. The van der Waals surface area contributed by atoms with E-state index in [0.717, 1.165) is 24.3 Å². The van der Waals surface area contributed by atoms with Gasteiger partial charge in [-0.25, -0.2) is 18.1 Å². The number of anilines is 1. The Morgan fingerprint density at radius 2 is 1.62 bits per heavy atom. The molecule has 4 rings (SSSR count). The first-order valence-electron chi connectivity index (χ1n) is 8.07. The minimum atomic E-state index is -5.03. The van der Waals surface area contributed by atoms with Crippen molar-refractivity contribution in [2.75, 3.05) is 4.72 Å². The van der Waals surface area contributed by atoms with Gasteiger partial charge < -0.3 is 0 Å². The molecular weight excluding hydrogens is 421 g/mol. The molecule has 0 radical (unpaired) electrons. The molecule has 9 nitrogen and oxygen atoms in total. The molecule has 0 aliphatic carbocycles. The van der Waals surface area contributed by atoms with E-state index in [2.05, 4.69) is 19.8 Å². The molecule has 2 aromatic heterocycles. The minimum absolute atomic E-state index is 0.105. The lowest BCUT2D eigenvalue weighted by Crippen LogP contribution is -2.13. The lowest BCUT2D eigenvalue weighted by atomic mass is 10.3. The Morgan fingerprint density at radius 3 is 2.38 bits per heavy atom. The average Bonchev–Trinajstić information content (AvgIpc) is 3.15. The van der Waals surface area contributed by atoms with Crippen molar-refractivity contribution in [3.63, 3.8) is 0 Å².